The number of aromatic nitrogens is 2. The van der Waals surface area contributed by atoms with Crippen molar-refractivity contribution in [2.45, 2.75) is 6.42 Å². The third kappa shape index (κ3) is 2.08. The Morgan fingerprint density at radius 2 is 2.00 bits per heavy atom. The summed E-state index contributed by atoms with van der Waals surface area (Å²) in [5.74, 6) is 0.385. The molecular formula is C16H16FN3. The maximum absolute atomic E-state index is 13.9. The molecular weight excluding hydrogens is 253 g/mol. The largest absolute Gasteiger partial charge is 0.330 e. The van der Waals surface area contributed by atoms with Crippen LogP contribution >= 0.6 is 0 Å². The van der Waals surface area contributed by atoms with Gasteiger partial charge in [0.25, 0.3) is 0 Å². The van der Waals surface area contributed by atoms with Crippen molar-refractivity contribution in [1.82, 2.24) is 9.55 Å². The Bertz CT molecular complexity index is 762. The summed E-state index contributed by atoms with van der Waals surface area (Å²) in [6, 6.07) is 12.8. The highest BCUT2D eigenvalue weighted by Gasteiger charge is 2.13. The highest BCUT2D eigenvalue weighted by Crippen LogP contribution is 2.26. The lowest BCUT2D eigenvalue weighted by Crippen LogP contribution is -2.02. The fourth-order valence-electron chi connectivity index (χ4n) is 2.44. The first-order valence-electron chi connectivity index (χ1n) is 6.61. The zero-order valence-corrected chi connectivity index (χ0v) is 11.3. The van der Waals surface area contributed by atoms with E-state index in [-0.39, 0.29) is 5.82 Å². The molecule has 20 heavy (non-hydrogen) atoms. The van der Waals surface area contributed by atoms with Gasteiger partial charge < -0.3 is 10.3 Å². The van der Waals surface area contributed by atoms with E-state index in [1.807, 2.05) is 29.8 Å². The summed E-state index contributed by atoms with van der Waals surface area (Å²) >= 11 is 0. The number of imidazole rings is 1. The highest BCUT2D eigenvalue weighted by molar-refractivity contribution is 5.81. The molecule has 0 fully saturated rings. The lowest BCUT2D eigenvalue weighted by molar-refractivity contribution is 0.629. The summed E-state index contributed by atoms with van der Waals surface area (Å²) in [7, 11) is 1.91. The number of nitrogens with zero attached hydrogens (tertiary/aromatic N) is 2. The van der Waals surface area contributed by atoms with Crippen molar-refractivity contribution in [1.29, 1.82) is 0 Å². The van der Waals surface area contributed by atoms with Gasteiger partial charge in [0.15, 0.2) is 0 Å². The molecule has 0 bridgehead atoms. The Hall–Kier alpha value is -2.20. The monoisotopic (exact) mass is 269 g/mol. The molecule has 1 aromatic heterocycles. The van der Waals surface area contributed by atoms with Gasteiger partial charge in [0.05, 0.1) is 16.6 Å². The number of aryl methyl sites for hydroxylation is 1. The summed E-state index contributed by atoms with van der Waals surface area (Å²) in [4.78, 5) is 4.54. The zero-order chi connectivity index (χ0) is 14.1. The molecule has 0 amide bonds. The third-order valence-electron chi connectivity index (χ3n) is 3.49. The van der Waals surface area contributed by atoms with Gasteiger partial charge in [-0.25, -0.2) is 9.37 Å². The molecule has 0 unspecified atom stereocenters. The molecule has 2 N–H and O–H groups in total. The molecule has 0 aliphatic rings. The van der Waals surface area contributed by atoms with Crippen molar-refractivity contribution >= 4 is 11.0 Å². The molecule has 0 saturated heterocycles. The second-order valence-corrected chi connectivity index (χ2v) is 4.84. The van der Waals surface area contributed by atoms with Gasteiger partial charge in [-0.15, -0.1) is 0 Å². The normalized spacial score (nSPS) is 11.2. The van der Waals surface area contributed by atoms with E-state index in [2.05, 4.69) is 11.1 Å². The Kier molecular flexibility index (Phi) is 3.24. The predicted octanol–water partition coefficient (Wildman–Crippen LogP) is 2.88. The number of rotatable bonds is 3. The van der Waals surface area contributed by atoms with E-state index in [0.29, 0.717) is 17.9 Å². The molecule has 102 valence electrons. The lowest BCUT2D eigenvalue weighted by Gasteiger charge is -2.04. The highest BCUT2D eigenvalue weighted by atomic mass is 19.1. The first-order valence-corrected chi connectivity index (χ1v) is 6.61. The molecule has 0 saturated carbocycles. The van der Waals surface area contributed by atoms with Crippen molar-refractivity contribution in [2.24, 2.45) is 12.8 Å². The van der Waals surface area contributed by atoms with E-state index in [4.69, 9.17) is 5.73 Å². The van der Waals surface area contributed by atoms with Crippen LogP contribution in [0.1, 0.15) is 5.56 Å². The Balaban J connectivity index is 2.18. The number of nitrogens with two attached hydrogens (primary N) is 1. The van der Waals surface area contributed by atoms with E-state index in [0.717, 1.165) is 17.5 Å². The smallest absolute Gasteiger partial charge is 0.143 e. The maximum Gasteiger partial charge on any atom is 0.143 e. The van der Waals surface area contributed by atoms with Crippen LogP contribution in [0.25, 0.3) is 22.4 Å². The topological polar surface area (TPSA) is 43.8 Å². The Morgan fingerprint density at radius 1 is 1.20 bits per heavy atom. The molecule has 3 rings (SSSR count). The fraction of sp³-hybridized carbons (Fsp3) is 0.188. The minimum absolute atomic E-state index is 0.256. The van der Waals surface area contributed by atoms with Gasteiger partial charge in [0, 0.05) is 7.05 Å². The summed E-state index contributed by atoms with van der Waals surface area (Å²) in [5.41, 5.74) is 9.14. The second-order valence-electron chi connectivity index (χ2n) is 4.84. The fourth-order valence-corrected chi connectivity index (χ4v) is 2.44. The van der Waals surface area contributed by atoms with Gasteiger partial charge in [0.1, 0.15) is 11.6 Å². The van der Waals surface area contributed by atoms with Crippen LogP contribution in [-0.2, 0) is 13.5 Å². The molecule has 0 atom stereocenters. The second kappa shape index (κ2) is 5.06. The van der Waals surface area contributed by atoms with Crippen molar-refractivity contribution in [3.05, 3.63) is 53.8 Å². The number of halogens is 1. The van der Waals surface area contributed by atoms with Crippen LogP contribution in [-0.4, -0.2) is 16.1 Å². The van der Waals surface area contributed by atoms with Crippen molar-refractivity contribution in [2.75, 3.05) is 6.54 Å². The third-order valence-corrected chi connectivity index (χ3v) is 3.49. The predicted molar refractivity (Wildman–Crippen MR) is 78.9 cm³/mol. The van der Waals surface area contributed by atoms with Gasteiger partial charge in [-0.3, -0.25) is 0 Å². The van der Waals surface area contributed by atoms with Gasteiger partial charge in [0.2, 0.25) is 0 Å². The number of hydrogen-bond acceptors (Lipinski definition) is 2. The van der Waals surface area contributed by atoms with Crippen LogP contribution in [0.5, 0.6) is 0 Å². The Labute approximate surface area is 116 Å². The molecule has 2 aromatic carbocycles. The molecule has 1 heterocycles. The summed E-state index contributed by atoms with van der Waals surface area (Å²) in [6.45, 7) is 0.615. The molecule has 0 radical (unpaired) electrons. The SMILES string of the molecule is Cn1c(-c2ccccc2F)nc2ccc(CCN)cc21. The lowest BCUT2D eigenvalue weighted by atomic mass is 10.1. The van der Waals surface area contributed by atoms with Gasteiger partial charge in [-0.1, -0.05) is 18.2 Å². The minimum atomic E-state index is -0.256. The first kappa shape index (κ1) is 12.8. The van der Waals surface area contributed by atoms with Crippen LogP contribution < -0.4 is 5.73 Å². The van der Waals surface area contributed by atoms with E-state index in [1.54, 1.807) is 12.1 Å². The van der Waals surface area contributed by atoms with Crippen LogP contribution in [0, 0.1) is 5.82 Å². The minimum Gasteiger partial charge on any atom is -0.330 e. The Morgan fingerprint density at radius 3 is 2.75 bits per heavy atom. The molecule has 0 aliphatic heterocycles. The standard InChI is InChI=1S/C16H16FN3/c1-20-15-10-11(8-9-18)6-7-14(15)19-16(20)12-4-2-3-5-13(12)17/h2-7,10H,8-9,18H2,1H3. The number of fused-ring (bicyclic) bond motifs is 1. The summed E-state index contributed by atoms with van der Waals surface area (Å²) in [5, 5.41) is 0. The van der Waals surface area contributed by atoms with Crippen LogP contribution in [0.2, 0.25) is 0 Å². The number of benzene rings is 2. The number of hydrogen-bond donors (Lipinski definition) is 1. The molecule has 4 heteroatoms. The summed E-state index contributed by atoms with van der Waals surface area (Å²) < 4.78 is 15.8. The van der Waals surface area contributed by atoms with E-state index in [9.17, 15) is 4.39 Å². The quantitative estimate of drug-likeness (QED) is 0.794. The van der Waals surface area contributed by atoms with Gasteiger partial charge >= 0.3 is 0 Å². The van der Waals surface area contributed by atoms with E-state index < -0.39 is 0 Å². The molecule has 3 aromatic rings. The van der Waals surface area contributed by atoms with E-state index >= 15 is 0 Å². The first-order chi connectivity index (χ1) is 9.70. The van der Waals surface area contributed by atoms with Crippen LogP contribution in [0.15, 0.2) is 42.5 Å². The van der Waals surface area contributed by atoms with Crippen LogP contribution in [0.4, 0.5) is 4.39 Å². The zero-order valence-electron chi connectivity index (χ0n) is 11.3. The van der Waals surface area contributed by atoms with Gasteiger partial charge in [-0.2, -0.15) is 0 Å². The van der Waals surface area contributed by atoms with Crippen molar-refractivity contribution in [3.63, 3.8) is 0 Å². The van der Waals surface area contributed by atoms with Crippen LogP contribution in [0.3, 0.4) is 0 Å². The van der Waals surface area contributed by atoms with Crippen molar-refractivity contribution < 1.29 is 4.39 Å². The average molecular weight is 269 g/mol. The average Bonchev–Trinajstić information content (AvgIpc) is 2.77. The maximum atomic E-state index is 13.9. The van der Waals surface area contributed by atoms with Gasteiger partial charge in [-0.05, 0) is 42.8 Å². The molecule has 3 nitrogen and oxygen atoms in total. The molecule has 0 aliphatic carbocycles. The summed E-state index contributed by atoms with van der Waals surface area (Å²) in [6.07, 6.45) is 0.830. The molecule has 0 spiro atoms. The van der Waals surface area contributed by atoms with Crippen molar-refractivity contribution in [3.8, 4) is 11.4 Å². The van der Waals surface area contributed by atoms with E-state index in [1.165, 1.54) is 11.6 Å².